The van der Waals surface area contributed by atoms with Gasteiger partial charge in [-0.05, 0) is 24.3 Å². The largest absolute Gasteiger partial charge is 0.493 e. The Labute approximate surface area is 192 Å². The van der Waals surface area contributed by atoms with Crippen LogP contribution in [0.3, 0.4) is 0 Å². The molecule has 0 spiro atoms. The van der Waals surface area contributed by atoms with Crippen molar-refractivity contribution < 1.29 is 32.9 Å². The first-order valence-electron chi connectivity index (χ1n) is 9.87. The number of halogens is 3. The van der Waals surface area contributed by atoms with Gasteiger partial charge in [0, 0.05) is 23.1 Å². The minimum atomic E-state index is -3.36. The summed E-state index contributed by atoms with van der Waals surface area (Å²) in [6, 6.07) is 9.79. The highest BCUT2D eigenvalue weighted by atomic mass is 35.5. The van der Waals surface area contributed by atoms with Gasteiger partial charge in [-0.15, -0.1) is 10.2 Å². The summed E-state index contributed by atoms with van der Waals surface area (Å²) < 4.78 is 47.3. The molecule has 0 saturated carbocycles. The molecule has 2 heterocycles. The van der Waals surface area contributed by atoms with Gasteiger partial charge in [0.05, 0.1) is 26.3 Å². The maximum absolute atomic E-state index is 14.5. The van der Waals surface area contributed by atoms with Gasteiger partial charge in [-0.1, -0.05) is 23.7 Å². The molecule has 11 heteroatoms. The summed E-state index contributed by atoms with van der Waals surface area (Å²) in [5, 5.41) is 17.4. The molecule has 2 atom stereocenters. The van der Waals surface area contributed by atoms with Crippen LogP contribution in [0.2, 0.25) is 5.02 Å². The molecule has 0 radical (unpaired) electrons. The van der Waals surface area contributed by atoms with Gasteiger partial charge >= 0.3 is 11.9 Å². The molecule has 0 fully saturated rings. The predicted octanol–water partition coefficient (Wildman–Crippen LogP) is 4.69. The molecule has 0 aliphatic carbocycles. The molecular formula is C22H20ClF2N3O5. The van der Waals surface area contributed by atoms with Crippen molar-refractivity contribution in [1.82, 2.24) is 14.8 Å². The van der Waals surface area contributed by atoms with Gasteiger partial charge in [-0.25, -0.2) is 0 Å². The first-order valence-corrected chi connectivity index (χ1v) is 10.2. The topological polar surface area (TPSA) is 95.7 Å². The second kappa shape index (κ2) is 8.60. The molecule has 1 aliphatic heterocycles. The van der Waals surface area contributed by atoms with E-state index in [0.29, 0.717) is 40.3 Å². The summed E-state index contributed by atoms with van der Waals surface area (Å²) in [5.41, 5.74) is 1.20. The number of hydrogen-bond acceptors (Lipinski definition) is 6. The van der Waals surface area contributed by atoms with Crippen LogP contribution in [0.15, 0.2) is 36.4 Å². The quantitative estimate of drug-likeness (QED) is 0.548. The van der Waals surface area contributed by atoms with E-state index in [1.54, 1.807) is 36.4 Å². The molecular weight excluding hydrogens is 460 g/mol. The van der Waals surface area contributed by atoms with E-state index in [4.69, 9.17) is 25.8 Å². The molecule has 0 bridgehead atoms. The molecule has 3 aromatic rings. The third-order valence-corrected chi connectivity index (χ3v) is 5.49. The summed E-state index contributed by atoms with van der Waals surface area (Å²) in [7, 11) is 2.93. The second-order valence-corrected chi connectivity index (χ2v) is 7.93. The number of nitrogens with zero attached hydrogens (tertiary/aromatic N) is 3. The fraction of sp³-hybridized carbons (Fsp3) is 0.318. The summed E-state index contributed by atoms with van der Waals surface area (Å²) in [5.74, 6) is -4.48. The van der Waals surface area contributed by atoms with E-state index in [1.807, 2.05) is 0 Å². The molecule has 4 rings (SSSR count). The lowest BCUT2D eigenvalue weighted by molar-refractivity contribution is -0.141. The number of aliphatic carboxylic acids is 1. The number of carboxylic acid groups (broad SMARTS) is 1. The number of carbonyl (C=O) groups is 1. The lowest BCUT2D eigenvalue weighted by Gasteiger charge is -2.24. The first kappa shape index (κ1) is 22.9. The molecule has 0 saturated heterocycles. The predicted molar refractivity (Wildman–Crippen MR) is 113 cm³/mol. The zero-order valence-electron chi connectivity index (χ0n) is 17.9. The zero-order valence-corrected chi connectivity index (χ0v) is 18.6. The van der Waals surface area contributed by atoms with Gasteiger partial charge in [-0.2, -0.15) is 8.78 Å². The Balaban J connectivity index is 2.04. The monoisotopic (exact) mass is 479 g/mol. The van der Waals surface area contributed by atoms with Crippen LogP contribution >= 0.6 is 11.6 Å². The van der Waals surface area contributed by atoms with Crippen LogP contribution in [0.25, 0.3) is 5.69 Å². The number of rotatable bonds is 6. The molecule has 33 heavy (non-hydrogen) atoms. The van der Waals surface area contributed by atoms with Gasteiger partial charge in [0.25, 0.3) is 0 Å². The van der Waals surface area contributed by atoms with E-state index in [-0.39, 0.29) is 5.82 Å². The smallest absolute Gasteiger partial charge is 0.306 e. The average Bonchev–Trinajstić information content (AvgIpc) is 3.16. The minimum Gasteiger partial charge on any atom is -0.493 e. The first-order chi connectivity index (χ1) is 15.7. The minimum absolute atomic E-state index is 0.0538. The molecule has 8 nitrogen and oxygen atoms in total. The Hall–Kier alpha value is -3.24. The number of carboxylic acids is 1. The number of alkyl halides is 2. The SMILES string of the molecule is COc1cccc([C@H]2O[C@H](CC(=O)O)c3nnc(C(C)(F)F)n3-c3ccc(Cl)cc32)c1OC. The number of benzene rings is 2. The molecule has 1 aliphatic rings. The number of para-hydroxylation sites is 1. The number of hydrogen-bond donors (Lipinski definition) is 1. The Bertz CT molecular complexity index is 1210. The van der Waals surface area contributed by atoms with E-state index in [1.165, 1.54) is 14.2 Å². The number of fused-ring (bicyclic) bond motifs is 3. The molecule has 0 unspecified atom stereocenters. The van der Waals surface area contributed by atoms with Crippen molar-refractivity contribution in [2.24, 2.45) is 0 Å². The third-order valence-electron chi connectivity index (χ3n) is 5.26. The highest BCUT2D eigenvalue weighted by molar-refractivity contribution is 6.30. The van der Waals surface area contributed by atoms with Crippen LogP contribution in [-0.2, 0) is 15.5 Å². The number of aromatic nitrogens is 3. The van der Waals surface area contributed by atoms with Crippen molar-refractivity contribution in [2.45, 2.75) is 31.5 Å². The Morgan fingerprint density at radius 3 is 2.61 bits per heavy atom. The number of ether oxygens (including phenoxy) is 3. The maximum Gasteiger partial charge on any atom is 0.306 e. The fourth-order valence-corrected chi connectivity index (χ4v) is 4.10. The van der Waals surface area contributed by atoms with Crippen LogP contribution in [0.4, 0.5) is 8.78 Å². The van der Waals surface area contributed by atoms with Crippen LogP contribution in [0.5, 0.6) is 11.5 Å². The van der Waals surface area contributed by atoms with Gasteiger partial charge in [0.15, 0.2) is 17.3 Å². The van der Waals surface area contributed by atoms with Crippen LogP contribution in [-0.4, -0.2) is 40.1 Å². The van der Waals surface area contributed by atoms with Crippen LogP contribution in [0.1, 0.15) is 48.3 Å². The van der Waals surface area contributed by atoms with Gasteiger partial charge in [-0.3, -0.25) is 9.36 Å². The van der Waals surface area contributed by atoms with Gasteiger partial charge in [0.2, 0.25) is 5.82 Å². The summed E-state index contributed by atoms with van der Waals surface area (Å²) in [6.07, 6.45) is -2.66. The van der Waals surface area contributed by atoms with E-state index in [2.05, 4.69) is 10.2 Å². The second-order valence-electron chi connectivity index (χ2n) is 7.49. The van der Waals surface area contributed by atoms with Crippen molar-refractivity contribution in [1.29, 1.82) is 0 Å². The van der Waals surface area contributed by atoms with E-state index in [9.17, 15) is 18.7 Å². The molecule has 2 aromatic carbocycles. The lowest BCUT2D eigenvalue weighted by atomic mass is 9.98. The highest BCUT2D eigenvalue weighted by Crippen LogP contribution is 2.47. The van der Waals surface area contributed by atoms with Crippen LogP contribution in [0, 0.1) is 0 Å². The normalized spacial score (nSPS) is 17.6. The Morgan fingerprint density at radius 1 is 1.21 bits per heavy atom. The molecule has 1 aromatic heterocycles. The lowest BCUT2D eigenvalue weighted by Crippen LogP contribution is -2.18. The average molecular weight is 480 g/mol. The Kier molecular flexibility index (Phi) is 5.98. The van der Waals surface area contributed by atoms with Crippen LogP contribution < -0.4 is 9.47 Å². The highest BCUT2D eigenvalue weighted by Gasteiger charge is 2.41. The Morgan fingerprint density at radius 2 is 1.97 bits per heavy atom. The summed E-state index contributed by atoms with van der Waals surface area (Å²) in [4.78, 5) is 11.6. The summed E-state index contributed by atoms with van der Waals surface area (Å²) >= 11 is 6.27. The maximum atomic E-state index is 14.5. The van der Waals surface area contributed by atoms with E-state index < -0.39 is 36.3 Å². The van der Waals surface area contributed by atoms with E-state index >= 15 is 0 Å². The molecule has 174 valence electrons. The number of methoxy groups -OCH3 is 2. The van der Waals surface area contributed by atoms with E-state index in [0.717, 1.165) is 4.57 Å². The summed E-state index contributed by atoms with van der Waals surface area (Å²) in [6.45, 7) is 0.695. The van der Waals surface area contributed by atoms with Gasteiger partial charge < -0.3 is 19.3 Å². The van der Waals surface area contributed by atoms with Crippen molar-refractivity contribution >= 4 is 17.6 Å². The fourth-order valence-electron chi connectivity index (χ4n) is 3.92. The van der Waals surface area contributed by atoms with Crippen molar-refractivity contribution in [3.8, 4) is 17.2 Å². The van der Waals surface area contributed by atoms with Crippen molar-refractivity contribution in [2.75, 3.05) is 14.2 Å². The van der Waals surface area contributed by atoms with Gasteiger partial charge in [0.1, 0.15) is 12.2 Å². The van der Waals surface area contributed by atoms with Crippen molar-refractivity contribution in [3.63, 3.8) is 0 Å². The molecule has 1 N–H and O–H groups in total. The molecule has 0 amide bonds. The zero-order chi connectivity index (χ0) is 23.9. The third kappa shape index (κ3) is 4.11. The standard InChI is InChI=1S/C22H20ClF2N3O5/c1-22(24,25)21-27-26-20-16(10-17(29)30)33-18(12-5-4-6-15(31-2)19(12)32-3)13-9-11(23)7-8-14(13)28(20)21/h4-9,16,18H,10H2,1-3H3,(H,29,30)/t16-,18-/m1/s1. The van der Waals surface area contributed by atoms with Crippen molar-refractivity contribution in [3.05, 3.63) is 64.2 Å².